The van der Waals surface area contributed by atoms with E-state index in [2.05, 4.69) is 0 Å². The lowest BCUT2D eigenvalue weighted by atomic mass is 10.2. The number of rotatable bonds is 3. The van der Waals surface area contributed by atoms with Crippen molar-refractivity contribution in [2.75, 3.05) is 0 Å². The second kappa shape index (κ2) is 5.15. The number of ether oxygens (including phenoxy) is 1. The molecule has 0 saturated carbocycles. The van der Waals surface area contributed by atoms with E-state index in [0.717, 1.165) is 6.42 Å². The fourth-order valence-electron chi connectivity index (χ4n) is 0.752. The number of carbonyl (C=O) groups excluding carboxylic acids is 1. The average molecular weight is 234 g/mol. The molecule has 0 saturated heterocycles. The van der Waals surface area contributed by atoms with E-state index >= 15 is 0 Å². The summed E-state index contributed by atoms with van der Waals surface area (Å²) in [6.07, 6.45) is 0.701. The Balaban J connectivity index is 4.13. The SMILES string of the molecule is CCC[C@H](OC(C)=O)C(Cl)(Cl)Cl. The summed E-state index contributed by atoms with van der Waals surface area (Å²) in [5.74, 6) is -0.431. The van der Waals surface area contributed by atoms with E-state index in [1.165, 1.54) is 6.92 Å². The normalized spacial score (nSPS) is 14.1. The minimum Gasteiger partial charge on any atom is -0.458 e. The Morgan fingerprint density at radius 1 is 1.50 bits per heavy atom. The van der Waals surface area contributed by atoms with Gasteiger partial charge >= 0.3 is 5.97 Å². The van der Waals surface area contributed by atoms with E-state index in [0.29, 0.717) is 6.42 Å². The molecule has 0 aromatic rings. The Kier molecular flexibility index (Phi) is 5.30. The molecule has 0 aliphatic carbocycles. The van der Waals surface area contributed by atoms with Gasteiger partial charge in [-0.05, 0) is 6.42 Å². The van der Waals surface area contributed by atoms with Gasteiger partial charge in [-0.3, -0.25) is 4.79 Å². The van der Waals surface area contributed by atoms with E-state index in [1.54, 1.807) is 0 Å². The zero-order valence-corrected chi connectivity index (χ0v) is 9.21. The second-order valence-corrected chi connectivity index (χ2v) is 4.80. The molecule has 0 N–H and O–H groups in total. The van der Waals surface area contributed by atoms with Crippen molar-refractivity contribution in [2.24, 2.45) is 0 Å². The maximum absolute atomic E-state index is 10.6. The predicted octanol–water partition coefficient (Wildman–Crippen LogP) is 3.09. The molecule has 0 aromatic carbocycles. The summed E-state index contributed by atoms with van der Waals surface area (Å²) in [6.45, 7) is 3.21. The summed E-state index contributed by atoms with van der Waals surface area (Å²) in [4.78, 5) is 10.6. The van der Waals surface area contributed by atoms with Crippen molar-refractivity contribution in [3.05, 3.63) is 0 Å². The molecule has 0 fully saturated rings. The first-order chi connectivity index (χ1) is 5.38. The van der Waals surface area contributed by atoms with Gasteiger partial charge in [0.05, 0.1) is 0 Å². The number of alkyl halides is 3. The van der Waals surface area contributed by atoms with Crippen molar-refractivity contribution in [3.63, 3.8) is 0 Å². The first kappa shape index (κ1) is 12.3. The van der Waals surface area contributed by atoms with E-state index in [4.69, 9.17) is 39.5 Å². The third-order valence-corrected chi connectivity index (χ3v) is 1.95. The van der Waals surface area contributed by atoms with E-state index in [9.17, 15) is 4.79 Å². The maximum atomic E-state index is 10.6. The fourth-order valence-corrected chi connectivity index (χ4v) is 1.21. The first-order valence-electron chi connectivity index (χ1n) is 3.61. The summed E-state index contributed by atoms with van der Waals surface area (Å²) in [6, 6.07) is 0. The van der Waals surface area contributed by atoms with E-state index in [-0.39, 0.29) is 0 Å². The zero-order chi connectivity index (χ0) is 9.78. The lowest BCUT2D eigenvalue weighted by molar-refractivity contribution is -0.146. The summed E-state index contributed by atoms with van der Waals surface area (Å²) in [7, 11) is 0. The van der Waals surface area contributed by atoms with Crippen molar-refractivity contribution in [3.8, 4) is 0 Å². The minimum atomic E-state index is -1.53. The fraction of sp³-hybridized carbons (Fsp3) is 0.857. The molecule has 12 heavy (non-hydrogen) atoms. The van der Waals surface area contributed by atoms with Gasteiger partial charge in [-0.25, -0.2) is 0 Å². The lowest BCUT2D eigenvalue weighted by Crippen LogP contribution is -2.30. The number of halogens is 3. The number of carbonyl (C=O) groups is 1. The highest BCUT2D eigenvalue weighted by atomic mass is 35.6. The number of hydrogen-bond acceptors (Lipinski definition) is 2. The van der Waals surface area contributed by atoms with Crippen molar-refractivity contribution in [1.29, 1.82) is 0 Å². The molecule has 0 aliphatic rings. The summed E-state index contributed by atoms with van der Waals surface area (Å²) >= 11 is 16.7. The van der Waals surface area contributed by atoms with Crippen LogP contribution in [0.4, 0.5) is 0 Å². The van der Waals surface area contributed by atoms with Gasteiger partial charge in [-0.2, -0.15) is 0 Å². The molecule has 0 spiro atoms. The largest absolute Gasteiger partial charge is 0.458 e. The van der Waals surface area contributed by atoms with Crippen LogP contribution in [-0.4, -0.2) is 15.9 Å². The molecule has 5 heteroatoms. The predicted molar refractivity (Wildman–Crippen MR) is 50.8 cm³/mol. The highest BCUT2D eigenvalue weighted by molar-refractivity contribution is 6.68. The van der Waals surface area contributed by atoms with E-state index in [1.807, 2.05) is 6.92 Å². The van der Waals surface area contributed by atoms with Crippen LogP contribution >= 0.6 is 34.8 Å². The standard InChI is InChI=1S/C7H11Cl3O2/c1-3-4-6(7(8,9)10)12-5(2)11/h6H,3-4H2,1-2H3/t6-/m0/s1. The van der Waals surface area contributed by atoms with Crippen LogP contribution in [0, 0.1) is 0 Å². The molecular formula is C7H11Cl3O2. The number of hydrogen-bond donors (Lipinski definition) is 0. The zero-order valence-electron chi connectivity index (χ0n) is 6.94. The molecule has 0 aliphatic heterocycles. The Hall–Kier alpha value is 0.340. The summed E-state index contributed by atoms with van der Waals surface area (Å²) < 4.78 is 3.29. The molecule has 0 amide bonds. The minimum absolute atomic E-state index is 0.431. The second-order valence-electron chi connectivity index (χ2n) is 2.43. The Bertz CT molecular complexity index is 153. The van der Waals surface area contributed by atoms with Crippen LogP contribution in [-0.2, 0) is 9.53 Å². The first-order valence-corrected chi connectivity index (χ1v) is 4.75. The van der Waals surface area contributed by atoms with Crippen LogP contribution in [0.5, 0.6) is 0 Å². The molecule has 0 radical (unpaired) electrons. The smallest absolute Gasteiger partial charge is 0.303 e. The molecule has 1 atom stereocenters. The highest BCUT2D eigenvalue weighted by Crippen LogP contribution is 2.34. The van der Waals surface area contributed by atoms with Crippen LogP contribution in [0.3, 0.4) is 0 Å². The average Bonchev–Trinajstić information content (AvgIpc) is 1.83. The van der Waals surface area contributed by atoms with Crippen molar-refractivity contribution in [2.45, 2.75) is 36.6 Å². The third kappa shape index (κ3) is 5.07. The Morgan fingerprint density at radius 2 is 2.00 bits per heavy atom. The topological polar surface area (TPSA) is 26.3 Å². The van der Waals surface area contributed by atoms with Crippen molar-refractivity contribution >= 4 is 40.8 Å². The molecule has 2 nitrogen and oxygen atoms in total. The van der Waals surface area contributed by atoms with Gasteiger partial charge in [-0.15, -0.1) is 0 Å². The molecule has 72 valence electrons. The van der Waals surface area contributed by atoms with Crippen LogP contribution < -0.4 is 0 Å². The van der Waals surface area contributed by atoms with Crippen molar-refractivity contribution in [1.82, 2.24) is 0 Å². The summed E-state index contributed by atoms with van der Waals surface area (Å²) in [5.41, 5.74) is 0. The quantitative estimate of drug-likeness (QED) is 0.553. The molecule has 0 aromatic heterocycles. The highest BCUT2D eigenvalue weighted by Gasteiger charge is 2.34. The number of esters is 1. The third-order valence-electron chi connectivity index (χ3n) is 1.22. The van der Waals surface area contributed by atoms with Gasteiger partial charge in [0.25, 0.3) is 0 Å². The summed E-state index contributed by atoms with van der Waals surface area (Å²) in [5, 5.41) is 0. The van der Waals surface area contributed by atoms with Crippen LogP contribution in [0.25, 0.3) is 0 Å². The molecule has 0 unspecified atom stereocenters. The molecular weight excluding hydrogens is 222 g/mol. The van der Waals surface area contributed by atoms with Gasteiger partial charge in [0.15, 0.2) is 0 Å². The van der Waals surface area contributed by atoms with Gasteiger partial charge in [-0.1, -0.05) is 48.1 Å². The molecule has 0 bridgehead atoms. The molecule has 0 rings (SSSR count). The maximum Gasteiger partial charge on any atom is 0.303 e. The van der Waals surface area contributed by atoms with Crippen LogP contribution in [0.2, 0.25) is 0 Å². The Labute approximate surface area is 87.1 Å². The van der Waals surface area contributed by atoms with Crippen molar-refractivity contribution < 1.29 is 9.53 Å². The molecule has 0 heterocycles. The lowest BCUT2D eigenvalue weighted by Gasteiger charge is -2.23. The Morgan fingerprint density at radius 3 is 2.25 bits per heavy atom. The monoisotopic (exact) mass is 232 g/mol. The van der Waals surface area contributed by atoms with Gasteiger partial charge in [0.2, 0.25) is 3.79 Å². The van der Waals surface area contributed by atoms with Gasteiger partial charge in [0, 0.05) is 6.92 Å². The van der Waals surface area contributed by atoms with Crippen LogP contribution in [0.15, 0.2) is 0 Å². The van der Waals surface area contributed by atoms with E-state index < -0.39 is 15.9 Å². The van der Waals surface area contributed by atoms with Gasteiger partial charge in [0.1, 0.15) is 6.10 Å². The van der Waals surface area contributed by atoms with Gasteiger partial charge < -0.3 is 4.74 Å². The van der Waals surface area contributed by atoms with Crippen LogP contribution in [0.1, 0.15) is 26.7 Å².